The molecule has 0 radical (unpaired) electrons. The number of anilines is 1. The van der Waals surface area contributed by atoms with Gasteiger partial charge in [0.2, 0.25) is 0 Å². The van der Waals surface area contributed by atoms with E-state index >= 15 is 0 Å². The van der Waals surface area contributed by atoms with Gasteiger partial charge in [-0.1, -0.05) is 0 Å². The van der Waals surface area contributed by atoms with Crippen molar-refractivity contribution in [3.8, 4) is 33.8 Å². The highest BCUT2D eigenvalue weighted by Crippen LogP contribution is 2.41. The van der Waals surface area contributed by atoms with Crippen LogP contribution in [0, 0.1) is 0 Å². The van der Waals surface area contributed by atoms with Crippen LogP contribution in [0.1, 0.15) is 24.1 Å². The number of pyridine rings is 1. The normalized spacial score (nSPS) is 17.4. The van der Waals surface area contributed by atoms with Gasteiger partial charge in [0.25, 0.3) is 5.56 Å². The summed E-state index contributed by atoms with van der Waals surface area (Å²) < 4.78 is 54.8. The Labute approximate surface area is 206 Å². The van der Waals surface area contributed by atoms with E-state index in [-0.39, 0.29) is 11.1 Å². The standard InChI is InChI=1S/C27H27F3N2O4/c1-35-19-10-16(11-20(13-19)36-2)21-14-23(26(34)32-8-3-4-25(21)32)22-12-17(31-9-7-18(33)15-31)5-6-24(22)27(28,29)30/h5-6,10-14,18,33H,3-4,7-9,15H2,1-2H3/t18-/m0/s1. The lowest BCUT2D eigenvalue weighted by Gasteiger charge is -2.22. The maximum absolute atomic E-state index is 14.1. The van der Waals surface area contributed by atoms with E-state index in [0.717, 1.165) is 18.2 Å². The van der Waals surface area contributed by atoms with E-state index < -0.39 is 23.4 Å². The molecule has 1 atom stereocenters. The van der Waals surface area contributed by atoms with E-state index in [9.17, 15) is 23.1 Å². The number of β-amino-alcohol motifs (C(OH)–C–C–N with tert-alkyl or cyclic N) is 1. The van der Waals surface area contributed by atoms with Crippen LogP contribution in [0.3, 0.4) is 0 Å². The molecule has 1 saturated heterocycles. The van der Waals surface area contributed by atoms with Crippen LogP contribution in [0.2, 0.25) is 0 Å². The number of hydrogen-bond donors (Lipinski definition) is 1. The first-order valence-electron chi connectivity index (χ1n) is 11.8. The Kier molecular flexibility index (Phi) is 6.20. The molecule has 2 aliphatic rings. The van der Waals surface area contributed by atoms with E-state index in [1.165, 1.54) is 26.4 Å². The maximum atomic E-state index is 14.1. The first-order valence-corrected chi connectivity index (χ1v) is 11.8. The predicted molar refractivity (Wildman–Crippen MR) is 131 cm³/mol. The molecule has 1 N–H and O–H groups in total. The number of benzene rings is 2. The average Bonchev–Trinajstić information content (AvgIpc) is 3.53. The molecule has 0 aliphatic carbocycles. The highest BCUT2D eigenvalue weighted by atomic mass is 19.4. The lowest BCUT2D eigenvalue weighted by atomic mass is 9.94. The molecule has 9 heteroatoms. The van der Waals surface area contributed by atoms with E-state index in [1.54, 1.807) is 28.8 Å². The molecule has 0 saturated carbocycles. The van der Waals surface area contributed by atoms with Crippen LogP contribution in [0.15, 0.2) is 47.3 Å². The van der Waals surface area contributed by atoms with Crippen molar-refractivity contribution >= 4 is 5.69 Å². The molecule has 190 valence electrons. The van der Waals surface area contributed by atoms with Crippen LogP contribution in [0.25, 0.3) is 22.3 Å². The van der Waals surface area contributed by atoms with Crippen molar-refractivity contribution < 1.29 is 27.8 Å². The predicted octanol–water partition coefficient (Wildman–Crippen LogP) is 4.74. The molecule has 0 spiro atoms. The number of hydrogen-bond acceptors (Lipinski definition) is 5. The minimum absolute atomic E-state index is 0.00800. The number of alkyl halides is 3. The van der Waals surface area contributed by atoms with Crippen molar-refractivity contribution in [1.82, 2.24) is 4.57 Å². The number of methoxy groups -OCH3 is 2. The molecule has 0 bridgehead atoms. The maximum Gasteiger partial charge on any atom is 0.417 e. The van der Waals surface area contributed by atoms with Gasteiger partial charge in [0.15, 0.2) is 0 Å². The molecule has 6 nitrogen and oxygen atoms in total. The highest BCUT2D eigenvalue weighted by Gasteiger charge is 2.36. The minimum Gasteiger partial charge on any atom is -0.497 e. The first kappa shape index (κ1) is 24.2. The highest BCUT2D eigenvalue weighted by molar-refractivity contribution is 5.79. The molecule has 0 amide bonds. The second-order valence-electron chi connectivity index (χ2n) is 9.20. The zero-order valence-electron chi connectivity index (χ0n) is 20.1. The molecule has 5 rings (SSSR count). The van der Waals surface area contributed by atoms with Crippen LogP contribution in [0.4, 0.5) is 18.9 Å². The second kappa shape index (κ2) is 9.20. The lowest BCUT2D eigenvalue weighted by Crippen LogP contribution is -2.24. The molecule has 3 aromatic rings. The van der Waals surface area contributed by atoms with E-state index in [2.05, 4.69) is 0 Å². The van der Waals surface area contributed by atoms with Gasteiger partial charge >= 0.3 is 6.18 Å². The Balaban J connectivity index is 1.75. The third-order valence-electron chi connectivity index (χ3n) is 6.99. The Morgan fingerprint density at radius 1 is 0.944 bits per heavy atom. The second-order valence-corrected chi connectivity index (χ2v) is 9.20. The number of ether oxygens (including phenoxy) is 2. The molecular formula is C27H27F3N2O4. The fourth-order valence-corrected chi connectivity index (χ4v) is 5.19. The van der Waals surface area contributed by atoms with Gasteiger partial charge in [-0.3, -0.25) is 4.79 Å². The van der Waals surface area contributed by atoms with Gasteiger partial charge in [-0.2, -0.15) is 13.2 Å². The van der Waals surface area contributed by atoms with Crippen molar-refractivity contribution in [3.63, 3.8) is 0 Å². The van der Waals surface area contributed by atoms with E-state index in [1.807, 2.05) is 4.90 Å². The number of rotatable bonds is 5. The zero-order chi connectivity index (χ0) is 25.6. The molecule has 0 unspecified atom stereocenters. The zero-order valence-corrected chi connectivity index (χ0v) is 20.1. The molecule has 3 heterocycles. The van der Waals surface area contributed by atoms with Crippen LogP contribution in [0.5, 0.6) is 11.5 Å². The summed E-state index contributed by atoms with van der Waals surface area (Å²) in [6, 6.07) is 10.7. The van der Waals surface area contributed by atoms with Crippen LogP contribution in [-0.4, -0.2) is 43.1 Å². The van der Waals surface area contributed by atoms with Crippen molar-refractivity contribution in [3.05, 3.63) is 64.1 Å². The minimum atomic E-state index is -4.64. The molecular weight excluding hydrogens is 473 g/mol. The Bertz CT molecular complexity index is 1340. The molecule has 2 aliphatic heterocycles. The largest absolute Gasteiger partial charge is 0.497 e. The SMILES string of the molecule is COc1cc(OC)cc(-c2cc(-c3cc(N4CC[C@H](O)C4)ccc3C(F)(F)F)c(=O)n3c2CCC3)c1. The van der Waals surface area contributed by atoms with Gasteiger partial charge < -0.3 is 24.0 Å². The van der Waals surface area contributed by atoms with Crippen LogP contribution >= 0.6 is 0 Å². The third-order valence-corrected chi connectivity index (χ3v) is 6.99. The van der Waals surface area contributed by atoms with Gasteiger partial charge in [-0.15, -0.1) is 0 Å². The smallest absolute Gasteiger partial charge is 0.417 e. The Morgan fingerprint density at radius 3 is 2.28 bits per heavy atom. The Morgan fingerprint density at radius 2 is 1.67 bits per heavy atom. The first-order chi connectivity index (χ1) is 17.2. The van der Waals surface area contributed by atoms with Crippen molar-refractivity contribution in [1.29, 1.82) is 0 Å². The van der Waals surface area contributed by atoms with Gasteiger partial charge in [0, 0.05) is 53.8 Å². The summed E-state index contributed by atoms with van der Waals surface area (Å²) in [5, 5.41) is 9.93. The number of aromatic nitrogens is 1. The summed E-state index contributed by atoms with van der Waals surface area (Å²) in [7, 11) is 3.06. The summed E-state index contributed by atoms with van der Waals surface area (Å²) in [6.45, 7) is 1.31. The third kappa shape index (κ3) is 4.32. The summed E-state index contributed by atoms with van der Waals surface area (Å²) in [4.78, 5) is 15.4. The summed E-state index contributed by atoms with van der Waals surface area (Å²) in [5.41, 5.74) is 1.23. The van der Waals surface area contributed by atoms with E-state index in [0.29, 0.717) is 60.8 Å². The lowest BCUT2D eigenvalue weighted by molar-refractivity contribution is -0.137. The fraction of sp³-hybridized carbons (Fsp3) is 0.370. The topological polar surface area (TPSA) is 63.9 Å². The van der Waals surface area contributed by atoms with Crippen LogP contribution in [-0.2, 0) is 19.1 Å². The van der Waals surface area contributed by atoms with Crippen molar-refractivity contribution in [2.75, 3.05) is 32.2 Å². The average molecular weight is 501 g/mol. The molecule has 36 heavy (non-hydrogen) atoms. The quantitative estimate of drug-likeness (QED) is 0.549. The van der Waals surface area contributed by atoms with Gasteiger partial charge in [-0.05, 0) is 61.2 Å². The number of aliphatic hydroxyl groups is 1. The van der Waals surface area contributed by atoms with Crippen molar-refractivity contribution in [2.45, 2.75) is 38.1 Å². The number of aliphatic hydroxyl groups excluding tert-OH is 1. The van der Waals surface area contributed by atoms with Gasteiger partial charge in [0.05, 0.1) is 25.9 Å². The molecule has 1 aromatic heterocycles. The van der Waals surface area contributed by atoms with Gasteiger partial charge in [-0.25, -0.2) is 0 Å². The summed E-state index contributed by atoms with van der Waals surface area (Å²) >= 11 is 0. The number of fused-ring (bicyclic) bond motifs is 1. The summed E-state index contributed by atoms with van der Waals surface area (Å²) in [5.74, 6) is 1.08. The fourth-order valence-electron chi connectivity index (χ4n) is 5.19. The number of nitrogens with zero attached hydrogens (tertiary/aromatic N) is 2. The monoisotopic (exact) mass is 500 g/mol. The molecule has 2 aromatic carbocycles. The summed E-state index contributed by atoms with van der Waals surface area (Å²) in [6.07, 6.45) is -3.27. The van der Waals surface area contributed by atoms with Gasteiger partial charge in [0.1, 0.15) is 11.5 Å². The van der Waals surface area contributed by atoms with Crippen molar-refractivity contribution in [2.24, 2.45) is 0 Å². The molecule has 1 fully saturated rings. The van der Waals surface area contributed by atoms with E-state index in [4.69, 9.17) is 9.47 Å². The Hall–Kier alpha value is -3.46. The van der Waals surface area contributed by atoms with Crippen LogP contribution < -0.4 is 19.9 Å². The number of halogens is 3.